The van der Waals surface area contributed by atoms with Crippen LogP contribution < -0.4 is 11.0 Å². The molecule has 6 nitrogen and oxygen atoms in total. The Labute approximate surface area is 119 Å². The van der Waals surface area contributed by atoms with Gasteiger partial charge >= 0.3 is 0 Å². The number of aromatic hydroxyl groups is 1. The number of aromatic nitrogens is 1. The molecule has 6 heteroatoms. The van der Waals surface area contributed by atoms with Crippen molar-refractivity contribution in [2.75, 3.05) is 0 Å². The first kappa shape index (κ1) is 12.1. The van der Waals surface area contributed by atoms with Crippen molar-refractivity contribution in [3.8, 4) is 5.75 Å². The lowest BCUT2D eigenvalue weighted by Crippen LogP contribution is -2.29. The number of hydrogen-bond donors (Lipinski definition) is 2. The van der Waals surface area contributed by atoms with Gasteiger partial charge in [0.05, 0.1) is 17.6 Å². The molecule has 106 valence electrons. The molecule has 0 saturated heterocycles. The van der Waals surface area contributed by atoms with E-state index in [4.69, 9.17) is 0 Å². The summed E-state index contributed by atoms with van der Waals surface area (Å²) in [6, 6.07) is 5.65. The van der Waals surface area contributed by atoms with E-state index >= 15 is 0 Å². The van der Waals surface area contributed by atoms with E-state index in [1.54, 1.807) is 10.6 Å². The monoisotopic (exact) mass is 283 g/mol. The van der Waals surface area contributed by atoms with Crippen LogP contribution in [-0.4, -0.2) is 21.3 Å². The SMILES string of the molecule is O=C1CC(c2c(O)c3cccc4c3n(c2=O)CCC4)=NN1. The third-order valence-corrected chi connectivity index (χ3v) is 4.10. The highest BCUT2D eigenvalue weighted by atomic mass is 16.3. The van der Waals surface area contributed by atoms with Gasteiger partial charge in [0.25, 0.3) is 5.56 Å². The second kappa shape index (κ2) is 4.18. The Morgan fingerprint density at radius 2 is 2.14 bits per heavy atom. The fourth-order valence-electron chi connectivity index (χ4n) is 3.18. The number of para-hydroxylation sites is 1. The molecular formula is C15H13N3O3. The minimum Gasteiger partial charge on any atom is -0.506 e. The first-order valence-electron chi connectivity index (χ1n) is 6.90. The molecule has 0 aliphatic carbocycles. The maximum atomic E-state index is 12.7. The maximum absolute atomic E-state index is 12.7. The molecule has 0 radical (unpaired) electrons. The van der Waals surface area contributed by atoms with Crippen molar-refractivity contribution in [2.24, 2.45) is 5.10 Å². The van der Waals surface area contributed by atoms with Crippen LogP contribution >= 0.6 is 0 Å². The van der Waals surface area contributed by atoms with E-state index in [9.17, 15) is 14.7 Å². The Kier molecular flexibility index (Phi) is 2.42. The van der Waals surface area contributed by atoms with E-state index in [-0.39, 0.29) is 29.2 Å². The topological polar surface area (TPSA) is 83.7 Å². The number of rotatable bonds is 1. The van der Waals surface area contributed by atoms with Crippen LogP contribution in [-0.2, 0) is 17.8 Å². The van der Waals surface area contributed by atoms with E-state index in [1.165, 1.54) is 0 Å². The van der Waals surface area contributed by atoms with Gasteiger partial charge in [0.1, 0.15) is 11.3 Å². The van der Waals surface area contributed by atoms with Crippen LogP contribution in [0.25, 0.3) is 10.9 Å². The number of nitrogens with zero attached hydrogens (tertiary/aromatic N) is 2. The van der Waals surface area contributed by atoms with Crippen molar-refractivity contribution in [2.45, 2.75) is 25.8 Å². The molecular weight excluding hydrogens is 270 g/mol. The van der Waals surface area contributed by atoms with E-state index in [1.807, 2.05) is 12.1 Å². The summed E-state index contributed by atoms with van der Waals surface area (Å²) in [5.74, 6) is -0.346. The smallest absolute Gasteiger partial charge is 0.264 e. The number of amides is 1. The third-order valence-electron chi connectivity index (χ3n) is 4.10. The minimum atomic E-state index is -0.276. The Bertz CT molecular complexity index is 880. The van der Waals surface area contributed by atoms with Gasteiger partial charge in [-0.2, -0.15) is 5.10 Å². The molecule has 2 aliphatic heterocycles. The lowest BCUT2D eigenvalue weighted by molar-refractivity contribution is -0.119. The number of benzene rings is 1. The highest BCUT2D eigenvalue weighted by Gasteiger charge is 2.27. The largest absolute Gasteiger partial charge is 0.506 e. The van der Waals surface area contributed by atoms with Gasteiger partial charge in [-0.25, -0.2) is 5.43 Å². The van der Waals surface area contributed by atoms with E-state index in [0.717, 1.165) is 23.9 Å². The van der Waals surface area contributed by atoms with Crippen LogP contribution in [0, 0.1) is 0 Å². The van der Waals surface area contributed by atoms with Crippen LogP contribution in [0.4, 0.5) is 0 Å². The van der Waals surface area contributed by atoms with E-state index in [0.29, 0.717) is 17.6 Å². The molecule has 4 rings (SSSR count). The normalized spacial score (nSPS) is 17.0. The van der Waals surface area contributed by atoms with Crippen LogP contribution in [0.3, 0.4) is 0 Å². The quantitative estimate of drug-likeness (QED) is 0.814. The zero-order valence-corrected chi connectivity index (χ0v) is 11.2. The molecule has 3 heterocycles. The number of aryl methyl sites for hydroxylation is 2. The van der Waals surface area contributed by atoms with Gasteiger partial charge in [-0.3, -0.25) is 9.59 Å². The van der Waals surface area contributed by atoms with Gasteiger partial charge < -0.3 is 9.67 Å². The Morgan fingerprint density at radius 3 is 2.90 bits per heavy atom. The Hall–Kier alpha value is -2.63. The predicted octanol–water partition coefficient (Wildman–Crippen LogP) is 0.877. The molecule has 1 amide bonds. The highest BCUT2D eigenvalue weighted by Crippen LogP contribution is 2.32. The van der Waals surface area contributed by atoms with E-state index < -0.39 is 0 Å². The first-order chi connectivity index (χ1) is 10.2. The van der Waals surface area contributed by atoms with Crippen LogP contribution in [0.1, 0.15) is 24.0 Å². The first-order valence-corrected chi connectivity index (χ1v) is 6.90. The van der Waals surface area contributed by atoms with Gasteiger partial charge in [-0.05, 0) is 24.5 Å². The van der Waals surface area contributed by atoms with Crippen molar-refractivity contribution in [3.63, 3.8) is 0 Å². The molecule has 0 spiro atoms. The minimum absolute atomic E-state index is 0.0218. The van der Waals surface area contributed by atoms with Crippen LogP contribution in [0.5, 0.6) is 5.75 Å². The van der Waals surface area contributed by atoms with Crippen molar-refractivity contribution in [1.29, 1.82) is 0 Å². The molecule has 21 heavy (non-hydrogen) atoms. The highest BCUT2D eigenvalue weighted by molar-refractivity contribution is 6.16. The number of nitrogens with one attached hydrogen (secondary N) is 1. The summed E-state index contributed by atoms with van der Waals surface area (Å²) in [5.41, 5.74) is 4.36. The molecule has 0 fully saturated rings. The zero-order chi connectivity index (χ0) is 14.6. The summed E-state index contributed by atoms with van der Waals surface area (Å²) in [6.45, 7) is 0.619. The number of hydrogen-bond acceptors (Lipinski definition) is 4. The lowest BCUT2D eigenvalue weighted by Gasteiger charge is -2.21. The molecule has 2 N–H and O–H groups in total. The second-order valence-corrected chi connectivity index (χ2v) is 5.37. The molecule has 2 aliphatic rings. The third kappa shape index (κ3) is 1.62. The van der Waals surface area contributed by atoms with Crippen molar-refractivity contribution in [1.82, 2.24) is 9.99 Å². The number of pyridine rings is 1. The average molecular weight is 283 g/mol. The molecule has 2 aromatic rings. The maximum Gasteiger partial charge on any atom is 0.264 e. The number of hydrazone groups is 1. The van der Waals surface area contributed by atoms with Gasteiger partial charge in [0, 0.05) is 11.9 Å². The summed E-state index contributed by atoms with van der Waals surface area (Å²) in [6.07, 6.45) is 1.81. The van der Waals surface area contributed by atoms with Crippen molar-refractivity contribution in [3.05, 3.63) is 39.7 Å². The predicted molar refractivity (Wildman–Crippen MR) is 77.5 cm³/mol. The zero-order valence-electron chi connectivity index (χ0n) is 11.2. The van der Waals surface area contributed by atoms with E-state index in [2.05, 4.69) is 10.5 Å². The molecule has 0 saturated carbocycles. The fraction of sp³-hybridized carbons (Fsp3) is 0.267. The Balaban J connectivity index is 2.10. The summed E-state index contributed by atoms with van der Waals surface area (Å²) in [7, 11) is 0. The summed E-state index contributed by atoms with van der Waals surface area (Å²) in [4.78, 5) is 24.0. The number of carbonyl (C=O) groups excluding carboxylic acids is 1. The lowest BCUT2D eigenvalue weighted by atomic mass is 9.97. The van der Waals surface area contributed by atoms with Gasteiger partial charge in [-0.15, -0.1) is 0 Å². The average Bonchev–Trinajstić information content (AvgIpc) is 2.91. The summed E-state index contributed by atoms with van der Waals surface area (Å²) < 4.78 is 1.69. The van der Waals surface area contributed by atoms with Crippen LogP contribution in [0.2, 0.25) is 0 Å². The fourth-order valence-corrected chi connectivity index (χ4v) is 3.18. The van der Waals surface area contributed by atoms with Gasteiger partial charge in [0.15, 0.2) is 0 Å². The Morgan fingerprint density at radius 1 is 1.29 bits per heavy atom. The molecule has 1 aromatic carbocycles. The molecule has 0 bridgehead atoms. The van der Waals surface area contributed by atoms with Gasteiger partial charge in [0.2, 0.25) is 5.91 Å². The standard InChI is InChI=1S/C15H13N3O3/c19-11-7-10(16-17-11)12-14(20)9-5-1-3-8-4-2-6-18(13(8)9)15(12)21/h1,3,5,20H,2,4,6-7H2,(H,17,19). The summed E-state index contributed by atoms with van der Waals surface area (Å²) >= 11 is 0. The second-order valence-electron chi connectivity index (χ2n) is 5.37. The van der Waals surface area contributed by atoms with Crippen molar-refractivity contribution >= 4 is 22.5 Å². The summed E-state index contributed by atoms with van der Waals surface area (Å²) in [5, 5.41) is 15.0. The van der Waals surface area contributed by atoms with Crippen molar-refractivity contribution < 1.29 is 9.90 Å². The molecule has 0 atom stereocenters. The molecule has 0 unspecified atom stereocenters. The van der Waals surface area contributed by atoms with Crippen LogP contribution in [0.15, 0.2) is 28.1 Å². The van der Waals surface area contributed by atoms with Gasteiger partial charge in [-0.1, -0.05) is 12.1 Å². The number of carbonyl (C=O) groups is 1. The molecule has 1 aromatic heterocycles.